The van der Waals surface area contributed by atoms with Crippen LogP contribution in [0.25, 0.3) is 0 Å². The van der Waals surface area contributed by atoms with Gasteiger partial charge in [-0.2, -0.15) is 0 Å². The molecule has 28 heavy (non-hydrogen) atoms. The van der Waals surface area contributed by atoms with Crippen molar-refractivity contribution in [2.45, 2.75) is 105 Å². The zero-order valence-corrected chi connectivity index (χ0v) is 18.5. The van der Waals surface area contributed by atoms with Gasteiger partial charge in [-0.3, -0.25) is 4.79 Å². The van der Waals surface area contributed by atoms with Crippen molar-refractivity contribution in [2.75, 3.05) is 0 Å². The first-order valence-corrected chi connectivity index (χ1v) is 9.97. The molecule has 0 aromatic heterocycles. The molecule has 0 spiro atoms. The smallest absolute Gasteiger partial charge is 0.350 e. The Balaban J connectivity index is 1.78. The molecule has 0 aliphatic carbocycles. The number of ether oxygens (including phenoxy) is 5. The van der Waals surface area contributed by atoms with Crippen LogP contribution in [0.15, 0.2) is 0 Å². The molecule has 3 heterocycles. The van der Waals surface area contributed by atoms with Crippen LogP contribution in [0.2, 0.25) is 0 Å². The van der Waals surface area contributed by atoms with E-state index in [0.29, 0.717) is 6.42 Å². The van der Waals surface area contributed by atoms with E-state index in [-0.39, 0.29) is 10.8 Å². The Hall–Kier alpha value is -1.18. The van der Waals surface area contributed by atoms with E-state index in [2.05, 4.69) is 20.8 Å². The third kappa shape index (κ3) is 3.68. The van der Waals surface area contributed by atoms with Gasteiger partial charge in [0.05, 0.1) is 5.41 Å². The number of rotatable bonds is 3. The average molecular weight is 398 g/mol. The molecule has 0 radical (unpaired) electrons. The molecular formula is C21H34O7. The Morgan fingerprint density at radius 1 is 1.00 bits per heavy atom. The summed E-state index contributed by atoms with van der Waals surface area (Å²) in [4.78, 5) is 25.7. The topological polar surface area (TPSA) is 80.3 Å². The van der Waals surface area contributed by atoms with Crippen LogP contribution >= 0.6 is 0 Å². The second kappa shape index (κ2) is 6.41. The summed E-state index contributed by atoms with van der Waals surface area (Å²) in [6, 6.07) is 0. The molecule has 7 heteroatoms. The van der Waals surface area contributed by atoms with E-state index in [1.165, 1.54) is 0 Å². The molecule has 6 atom stereocenters. The van der Waals surface area contributed by atoms with Crippen LogP contribution in [-0.4, -0.2) is 48.4 Å². The first-order chi connectivity index (χ1) is 12.5. The van der Waals surface area contributed by atoms with Crippen molar-refractivity contribution in [3.05, 3.63) is 0 Å². The van der Waals surface area contributed by atoms with Crippen molar-refractivity contribution in [1.82, 2.24) is 0 Å². The van der Waals surface area contributed by atoms with Gasteiger partial charge in [-0.25, -0.2) is 4.79 Å². The van der Waals surface area contributed by atoms with Gasteiger partial charge in [0, 0.05) is 0 Å². The number of carbonyl (C=O) groups excluding carboxylic acids is 2. The quantitative estimate of drug-likeness (QED) is 0.675. The van der Waals surface area contributed by atoms with Crippen LogP contribution in [0.4, 0.5) is 0 Å². The van der Waals surface area contributed by atoms with Crippen molar-refractivity contribution in [1.29, 1.82) is 0 Å². The summed E-state index contributed by atoms with van der Waals surface area (Å²) in [5.41, 5.74) is -1.23. The number of hydrogen-bond donors (Lipinski definition) is 0. The summed E-state index contributed by atoms with van der Waals surface area (Å²) in [6.07, 6.45) is -3.01. The van der Waals surface area contributed by atoms with E-state index < -0.39 is 53.8 Å². The van der Waals surface area contributed by atoms with E-state index in [1.54, 1.807) is 13.8 Å². The Kier molecular flexibility index (Phi) is 4.93. The summed E-state index contributed by atoms with van der Waals surface area (Å²) in [6.45, 7) is 17.7. The lowest BCUT2D eigenvalue weighted by molar-refractivity contribution is -0.218. The SMILES string of the molecule is CC(C)(C)CC(C)(C(=O)OC1C(=O)OC2C3OC(C)(C)OC3OC12)C(C)(C)C. The Morgan fingerprint density at radius 2 is 1.61 bits per heavy atom. The van der Waals surface area contributed by atoms with Gasteiger partial charge in [0.2, 0.25) is 6.10 Å². The number of esters is 2. The summed E-state index contributed by atoms with van der Waals surface area (Å²) < 4.78 is 28.6. The third-order valence-electron chi connectivity index (χ3n) is 6.03. The second-order valence-corrected chi connectivity index (χ2v) is 11.1. The van der Waals surface area contributed by atoms with Crippen LogP contribution in [0.1, 0.15) is 68.7 Å². The highest BCUT2D eigenvalue weighted by atomic mass is 16.8. The Bertz CT molecular complexity index is 657. The highest BCUT2D eigenvalue weighted by molar-refractivity contribution is 5.84. The molecule has 3 fully saturated rings. The predicted octanol–water partition coefficient (Wildman–Crippen LogP) is 3.19. The molecular weight excluding hydrogens is 364 g/mol. The van der Waals surface area contributed by atoms with Gasteiger partial charge in [-0.05, 0) is 38.0 Å². The van der Waals surface area contributed by atoms with Gasteiger partial charge in [0.1, 0.15) is 6.10 Å². The highest BCUT2D eigenvalue weighted by Gasteiger charge is 2.65. The predicted molar refractivity (Wildman–Crippen MR) is 100 cm³/mol. The molecule has 3 aliphatic heterocycles. The fraction of sp³-hybridized carbons (Fsp3) is 0.905. The summed E-state index contributed by atoms with van der Waals surface area (Å²) >= 11 is 0. The number of hydrogen-bond acceptors (Lipinski definition) is 7. The van der Waals surface area contributed by atoms with Crippen LogP contribution in [0.3, 0.4) is 0 Å². The van der Waals surface area contributed by atoms with Gasteiger partial charge < -0.3 is 23.7 Å². The molecule has 0 saturated carbocycles. The fourth-order valence-electron chi connectivity index (χ4n) is 4.28. The lowest BCUT2D eigenvalue weighted by Gasteiger charge is -2.43. The van der Waals surface area contributed by atoms with Crippen LogP contribution in [0.5, 0.6) is 0 Å². The number of fused-ring (bicyclic) bond motifs is 3. The molecule has 0 N–H and O–H groups in total. The van der Waals surface area contributed by atoms with Gasteiger partial charge in [-0.1, -0.05) is 41.5 Å². The van der Waals surface area contributed by atoms with Crippen LogP contribution in [-0.2, 0) is 33.3 Å². The van der Waals surface area contributed by atoms with E-state index >= 15 is 0 Å². The minimum Gasteiger partial charge on any atom is -0.454 e. The molecule has 160 valence electrons. The summed E-state index contributed by atoms with van der Waals surface area (Å²) in [5, 5.41) is 0. The van der Waals surface area contributed by atoms with E-state index in [9.17, 15) is 9.59 Å². The second-order valence-electron chi connectivity index (χ2n) is 11.1. The van der Waals surface area contributed by atoms with Gasteiger partial charge in [0.25, 0.3) is 0 Å². The maximum atomic E-state index is 13.3. The first-order valence-electron chi connectivity index (χ1n) is 9.97. The zero-order chi connectivity index (χ0) is 21.3. The molecule has 0 aromatic carbocycles. The Labute approximate surface area is 167 Å². The molecule has 3 saturated heterocycles. The van der Waals surface area contributed by atoms with Crippen molar-refractivity contribution < 1.29 is 33.3 Å². The third-order valence-corrected chi connectivity index (χ3v) is 6.03. The lowest BCUT2D eigenvalue weighted by atomic mass is 9.61. The standard InChI is InChI=1S/C21H34O7/c1-18(2,3)10-21(9,19(4,5)6)17(23)26-13-11-12(24-15(13)22)14-16(25-11)28-20(7,8)27-14/h11-14,16H,10H2,1-9H3. The normalized spacial score (nSPS) is 36.5. The highest BCUT2D eigenvalue weighted by Crippen LogP contribution is 2.49. The molecule has 3 aliphatic rings. The zero-order valence-electron chi connectivity index (χ0n) is 18.5. The van der Waals surface area contributed by atoms with Gasteiger partial charge in [-0.15, -0.1) is 0 Å². The summed E-state index contributed by atoms with van der Waals surface area (Å²) in [7, 11) is 0. The van der Waals surface area contributed by atoms with E-state index in [1.807, 2.05) is 27.7 Å². The van der Waals surface area contributed by atoms with Crippen molar-refractivity contribution >= 4 is 11.9 Å². The van der Waals surface area contributed by atoms with Crippen molar-refractivity contribution in [3.8, 4) is 0 Å². The first kappa shape index (κ1) is 21.5. The molecule has 0 bridgehead atoms. The number of carbonyl (C=O) groups is 2. The monoisotopic (exact) mass is 398 g/mol. The van der Waals surface area contributed by atoms with E-state index in [4.69, 9.17) is 23.7 Å². The molecule has 3 rings (SSSR count). The Morgan fingerprint density at radius 3 is 2.14 bits per heavy atom. The van der Waals surface area contributed by atoms with Crippen molar-refractivity contribution in [3.63, 3.8) is 0 Å². The van der Waals surface area contributed by atoms with Crippen LogP contribution < -0.4 is 0 Å². The molecule has 7 nitrogen and oxygen atoms in total. The lowest BCUT2D eigenvalue weighted by Crippen LogP contribution is -2.47. The van der Waals surface area contributed by atoms with E-state index in [0.717, 1.165) is 0 Å². The minimum absolute atomic E-state index is 0.0894. The minimum atomic E-state index is -1.11. The van der Waals surface area contributed by atoms with Gasteiger partial charge >= 0.3 is 11.9 Å². The average Bonchev–Trinajstić information content (AvgIpc) is 3.04. The van der Waals surface area contributed by atoms with Crippen molar-refractivity contribution in [2.24, 2.45) is 16.2 Å². The maximum Gasteiger partial charge on any atom is 0.350 e. The summed E-state index contributed by atoms with van der Waals surface area (Å²) in [5.74, 6) is -1.82. The molecule has 6 unspecified atom stereocenters. The van der Waals surface area contributed by atoms with Crippen LogP contribution in [0, 0.1) is 16.2 Å². The maximum absolute atomic E-state index is 13.3. The molecule has 0 aromatic rings. The largest absolute Gasteiger partial charge is 0.454 e. The van der Waals surface area contributed by atoms with Gasteiger partial charge in [0.15, 0.2) is 24.3 Å². The fourth-order valence-corrected chi connectivity index (χ4v) is 4.28. The molecule has 0 amide bonds.